The van der Waals surface area contributed by atoms with Crippen molar-refractivity contribution >= 4 is 17.3 Å². The molecule has 0 saturated carbocycles. The molecular formula is C27H32N3O2+. The number of carbonyl (C=O) groups is 1. The molecule has 1 unspecified atom stereocenters. The fourth-order valence-corrected chi connectivity index (χ4v) is 4.15. The van der Waals surface area contributed by atoms with E-state index in [2.05, 4.69) is 53.7 Å². The number of amides is 1. The zero-order valence-electron chi connectivity index (χ0n) is 18.9. The summed E-state index contributed by atoms with van der Waals surface area (Å²) in [6.45, 7) is 6.10. The van der Waals surface area contributed by atoms with Gasteiger partial charge < -0.3 is 19.9 Å². The van der Waals surface area contributed by atoms with Crippen molar-refractivity contribution in [3.8, 4) is 11.1 Å². The van der Waals surface area contributed by atoms with E-state index in [1.807, 2.05) is 49.4 Å². The van der Waals surface area contributed by atoms with Crippen molar-refractivity contribution in [1.29, 1.82) is 0 Å². The number of quaternary nitrogens is 1. The Bertz CT molecular complexity index is 1030. The fraction of sp³-hybridized carbons (Fsp3) is 0.296. The first kappa shape index (κ1) is 22.1. The first-order valence-electron chi connectivity index (χ1n) is 11.3. The predicted molar refractivity (Wildman–Crippen MR) is 130 cm³/mol. The number of morpholine rings is 1. The molecule has 1 fully saturated rings. The fourth-order valence-electron chi connectivity index (χ4n) is 4.15. The molecule has 0 bridgehead atoms. The topological polar surface area (TPSA) is 46.0 Å². The molecule has 4 rings (SSSR count). The van der Waals surface area contributed by atoms with Crippen molar-refractivity contribution in [2.24, 2.45) is 0 Å². The number of benzene rings is 3. The van der Waals surface area contributed by atoms with E-state index in [0.717, 1.165) is 54.6 Å². The molecule has 3 aromatic carbocycles. The second-order valence-electron chi connectivity index (χ2n) is 8.37. The van der Waals surface area contributed by atoms with Gasteiger partial charge in [0.2, 0.25) is 0 Å². The van der Waals surface area contributed by atoms with Crippen LogP contribution in [0, 0.1) is 0 Å². The van der Waals surface area contributed by atoms with Gasteiger partial charge in [0.1, 0.15) is 6.54 Å². The van der Waals surface area contributed by atoms with Gasteiger partial charge in [-0.25, -0.2) is 0 Å². The standard InChI is InChI=1S/C27H31N3O2/c1-21(27(31)28-25-14-8-7-13-24(25)22-10-4-3-5-11-22)29(2)20-23-12-6-9-15-26(23)30-16-18-32-19-17-30/h3-15,21H,16-20H2,1-2H3,(H,28,31)/p+1/t21-/m0/s1. The maximum atomic E-state index is 13.2. The molecule has 3 aromatic rings. The summed E-state index contributed by atoms with van der Waals surface area (Å²) in [5.41, 5.74) is 5.48. The van der Waals surface area contributed by atoms with Crippen LogP contribution < -0.4 is 15.1 Å². The zero-order chi connectivity index (χ0) is 22.3. The van der Waals surface area contributed by atoms with Gasteiger partial charge in [-0.3, -0.25) is 4.79 Å². The van der Waals surface area contributed by atoms with Crippen molar-refractivity contribution in [3.63, 3.8) is 0 Å². The average Bonchev–Trinajstić information content (AvgIpc) is 2.85. The largest absolute Gasteiger partial charge is 0.378 e. The Morgan fingerprint density at radius 2 is 1.62 bits per heavy atom. The molecule has 5 nitrogen and oxygen atoms in total. The number of likely N-dealkylation sites (N-methyl/N-ethyl adjacent to an activating group) is 1. The minimum Gasteiger partial charge on any atom is -0.378 e. The van der Waals surface area contributed by atoms with Gasteiger partial charge in [0.25, 0.3) is 5.91 Å². The van der Waals surface area contributed by atoms with Crippen molar-refractivity contribution < 1.29 is 14.4 Å². The van der Waals surface area contributed by atoms with Crippen LogP contribution in [0.5, 0.6) is 0 Å². The van der Waals surface area contributed by atoms with Crippen LogP contribution in [0.4, 0.5) is 11.4 Å². The highest BCUT2D eigenvalue weighted by Crippen LogP contribution is 2.27. The van der Waals surface area contributed by atoms with Crippen LogP contribution in [0.15, 0.2) is 78.9 Å². The second kappa shape index (κ2) is 10.4. The number of para-hydroxylation sites is 2. The number of nitrogens with zero attached hydrogens (tertiary/aromatic N) is 1. The van der Waals surface area contributed by atoms with E-state index in [0.29, 0.717) is 0 Å². The van der Waals surface area contributed by atoms with Crippen molar-refractivity contribution in [3.05, 3.63) is 84.4 Å². The zero-order valence-corrected chi connectivity index (χ0v) is 18.9. The Labute approximate surface area is 190 Å². The molecule has 1 aliphatic rings. The summed E-state index contributed by atoms with van der Waals surface area (Å²) in [5.74, 6) is 0.0229. The lowest BCUT2D eigenvalue weighted by Gasteiger charge is -2.31. The summed E-state index contributed by atoms with van der Waals surface area (Å²) in [6, 6.07) is 26.4. The number of hydrogen-bond acceptors (Lipinski definition) is 3. The maximum absolute atomic E-state index is 13.2. The van der Waals surface area contributed by atoms with Gasteiger partial charge in [0.05, 0.1) is 20.3 Å². The van der Waals surface area contributed by atoms with Gasteiger partial charge in [-0.2, -0.15) is 0 Å². The molecule has 0 aliphatic carbocycles. The van der Waals surface area contributed by atoms with E-state index in [-0.39, 0.29) is 11.9 Å². The Kier molecular flexibility index (Phi) is 7.20. The summed E-state index contributed by atoms with van der Waals surface area (Å²) in [7, 11) is 2.09. The van der Waals surface area contributed by atoms with Crippen LogP contribution >= 0.6 is 0 Å². The lowest BCUT2D eigenvalue weighted by Crippen LogP contribution is -3.12. The van der Waals surface area contributed by atoms with Gasteiger partial charge >= 0.3 is 0 Å². The van der Waals surface area contributed by atoms with Gasteiger partial charge in [-0.1, -0.05) is 66.7 Å². The number of anilines is 2. The second-order valence-corrected chi connectivity index (χ2v) is 8.37. The van der Waals surface area contributed by atoms with Crippen molar-refractivity contribution in [2.75, 3.05) is 43.6 Å². The van der Waals surface area contributed by atoms with Crippen LogP contribution in [0.1, 0.15) is 12.5 Å². The summed E-state index contributed by atoms with van der Waals surface area (Å²) in [5, 5.41) is 3.17. The minimum absolute atomic E-state index is 0.0229. The first-order chi connectivity index (χ1) is 15.6. The molecule has 0 aromatic heterocycles. The third-order valence-corrected chi connectivity index (χ3v) is 6.21. The molecule has 5 heteroatoms. The van der Waals surface area contributed by atoms with E-state index in [9.17, 15) is 4.79 Å². The number of nitrogens with one attached hydrogen (secondary N) is 2. The molecule has 1 aliphatic heterocycles. The highest BCUT2D eigenvalue weighted by molar-refractivity contribution is 5.97. The SMILES string of the molecule is C[C@@H](C(=O)Nc1ccccc1-c1ccccc1)[NH+](C)Cc1ccccc1N1CCOCC1. The van der Waals surface area contributed by atoms with Crippen LogP contribution in [0.25, 0.3) is 11.1 Å². The Hall–Kier alpha value is -3.15. The molecule has 2 atom stereocenters. The molecule has 1 heterocycles. The van der Waals surface area contributed by atoms with E-state index in [4.69, 9.17) is 4.74 Å². The van der Waals surface area contributed by atoms with Crippen LogP contribution in [-0.4, -0.2) is 45.3 Å². The molecule has 32 heavy (non-hydrogen) atoms. The van der Waals surface area contributed by atoms with E-state index in [1.54, 1.807) is 0 Å². The molecular weight excluding hydrogens is 398 g/mol. The lowest BCUT2D eigenvalue weighted by atomic mass is 10.0. The lowest BCUT2D eigenvalue weighted by molar-refractivity contribution is -0.907. The molecule has 166 valence electrons. The quantitative estimate of drug-likeness (QED) is 0.605. The summed E-state index contributed by atoms with van der Waals surface area (Å²) in [4.78, 5) is 16.7. The number of carbonyl (C=O) groups excluding carboxylic acids is 1. The third-order valence-electron chi connectivity index (χ3n) is 6.21. The maximum Gasteiger partial charge on any atom is 0.282 e. The van der Waals surface area contributed by atoms with Gasteiger partial charge in [0, 0.05) is 35.6 Å². The summed E-state index contributed by atoms with van der Waals surface area (Å²) in [6.07, 6.45) is 0. The highest BCUT2D eigenvalue weighted by atomic mass is 16.5. The first-order valence-corrected chi connectivity index (χ1v) is 11.3. The Balaban J connectivity index is 1.46. The highest BCUT2D eigenvalue weighted by Gasteiger charge is 2.24. The predicted octanol–water partition coefficient (Wildman–Crippen LogP) is 3.23. The third kappa shape index (κ3) is 5.18. The summed E-state index contributed by atoms with van der Waals surface area (Å²) >= 11 is 0. The molecule has 1 saturated heterocycles. The Morgan fingerprint density at radius 1 is 0.969 bits per heavy atom. The monoisotopic (exact) mass is 430 g/mol. The van der Waals surface area contributed by atoms with E-state index in [1.165, 1.54) is 11.3 Å². The van der Waals surface area contributed by atoms with Gasteiger partial charge in [-0.15, -0.1) is 0 Å². The number of rotatable bonds is 7. The van der Waals surface area contributed by atoms with E-state index < -0.39 is 0 Å². The molecule has 1 amide bonds. The van der Waals surface area contributed by atoms with Crippen molar-refractivity contribution in [1.82, 2.24) is 0 Å². The molecule has 2 N–H and O–H groups in total. The normalized spacial score (nSPS) is 15.8. The van der Waals surface area contributed by atoms with Gasteiger partial charge in [-0.05, 0) is 24.6 Å². The smallest absolute Gasteiger partial charge is 0.282 e. The van der Waals surface area contributed by atoms with Crippen LogP contribution in [0.3, 0.4) is 0 Å². The Morgan fingerprint density at radius 3 is 2.41 bits per heavy atom. The van der Waals surface area contributed by atoms with Crippen molar-refractivity contribution in [2.45, 2.75) is 19.5 Å². The molecule has 0 radical (unpaired) electrons. The van der Waals surface area contributed by atoms with Crippen LogP contribution in [-0.2, 0) is 16.1 Å². The molecule has 0 spiro atoms. The van der Waals surface area contributed by atoms with Gasteiger partial charge in [0.15, 0.2) is 6.04 Å². The summed E-state index contributed by atoms with van der Waals surface area (Å²) < 4.78 is 5.51. The minimum atomic E-state index is -0.198. The van der Waals surface area contributed by atoms with E-state index >= 15 is 0 Å². The number of hydrogen-bond donors (Lipinski definition) is 2. The number of ether oxygens (including phenoxy) is 1. The average molecular weight is 431 g/mol. The van der Waals surface area contributed by atoms with Crippen LogP contribution in [0.2, 0.25) is 0 Å².